The molecule has 0 aromatic heterocycles. The molecular weight excluding hydrogens is 422 g/mol. The molecule has 0 heterocycles. The number of carbonyl (C=O) groups is 1. The van der Waals surface area contributed by atoms with E-state index in [1.165, 1.54) is 29.0 Å². The van der Waals surface area contributed by atoms with E-state index in [-0.39, 0.29) is 16.8 Å². The molecule has 3 rings (SSSR count). The van der Waals surface area contributed by atoms with E-state index in [1.54, 1.807) is 36.4 Å². The number of nitrogens with one attached hydrogen (secondary N) is 1. The molecule has 0 aliphatic carbocycles. The number of aryl methyl sites for hydroxylation is 1. The molecular formula is C25H29N3O3S. The van der Waals surface area contributed by atoms with Crippen LogP contribution in [-0.2, 0) is 10.0 Å². The summed E-state index contributed by atoms with van der Waals surface area (Å²) >= 11 is 0. The van der Waals surface area contributed by atoms with Crippen LogP contribution in [0.25, 0.3) is 0 Å². The first-order valence-electron chi connectivity index (χ1n) is 10.4. The number of anilines is 1. The van der Waals surface area contributed by atoms with Crippen molar-refractivity contribution in [2.75, 3.05) is 32.0 Å². The summed E-state index contributed by atoms with van der Waals surface area (Å²) in [5.74, 6) is -0.316. The van der Waals surface area contributed by atoms with Gasteiger partial charge in [0, 0.05) is 19.2 Å². The number of carbonyl (C=O) groups excluding carboxylic acids is 1. The second kappa shape index (κ2) is 9.97. The molecule has 3 aromatic rings. The Bertz CT molecular complexity index is 1160. The minimum Gasteiger partial charge on any atom is -0.350 e. The molecule has 6 nitrogen and oxygen atoms in total. The van der Waals surface area contributed by atoms with Crippen molar-refractivity contribution in [2.45, 2.75) is 17.9 Å². The van der Waals surface area contributed by atoms with Gasteiger partial charge in [0.1, 0.15) is 0 Å². The van der Waals surface area contributed by atoms with Crippen LogP contribution in [0.2, 0.25) is 0 Å². The normalized spacial score (nSPS) is 12.4. The zero-order valence-corrected chi connectivity index (χ0v) is 19.6. The van der Waals surface area contributed by atoms with Crippen LogP contribution in [-0.4, -0.2) is 46.9 Å². The van der Waals surface area contributed by atoms with Gasteiger partial charge >= 0.3 is 0 Å². The molecule has 7 heteroatoms. The van der Waals surface area contributed by atoms with Crippen LogP contribution in [0, 0.1) is 6.92 Å². The van der Waals surface area contributed by atoms with Crippen molar-refractivity contribution in [2.24, 2.45) is 0 Å². The lowest BCUT2D eigenvalue weighted by molar-refractivity contribution is 0.0941. The molecule has 0 aliphatic heterocycles. The van der Waals surface area contributed by atoms with E-state index < -0.39 is 10.0 Å². The van der Waals surface area contributed by atoms with Crippen molar-refractivity contribution in [1.82, 2.24) is 10.2 Å². The van der Waals surface area contributed by atoms with E-state index in [0.29, 0.717) is 17.8 Å². The highest BCUT2D eigenvalue weighted by molar-refractivity contribution is 7.92. The van der Waals surface area contributed by atoms with E-state index in [0.717, 1.165) is 5.56 Å². The summed E-state index contributed by atoms with van der Waals surface area (Å²) in [6.45, 7) is 2.43. The lowest BCUT2D eigenvalue weighted by Crippen LogP contribution is -2.34. The van der Waals surface area contributed by atoms with Crippen LogP contribution < -0.4 is 9.62 Å². The second-order valence-corrected chi connectivity index (χ2v) is 9.91. The number of amides is 1. The Morgan fingerprint density at radius 3 is 2.19 bits per heavy atom. The molecule has 0 spiro atoms. The maximum Gasteiger partial charge on any atom is 0.264 e. The Kier molecular flexibility index (Phi) is 7.33. The maximum absolute atomic E-state index is 13.1. The predicted octanol–water partition coefficient (Wildman–Crippen LogP) is 3.85. The number of nitrogens with zero attached hydrogens (tertiary/aromatic N) is 2. The number of para-hydroxylation sites is 1. The van der Waals surface area contributed by atoms with Gasteiger partial charge in [0.05, 0.1) is 16.6 Å². The number of hydrogen-bond donors (Lipinski definition) is 1. The largest absolute Gasteiger partial charge is 0.350 e. The fraction of sp³-hybridized carbons (Fsp3) is 0.240. The van der Waals surface area contributed by atoms with Crippen molar-refractivity contribution in [3.05, 3.63) is 95.6 Å². The molecule has 1 amide bonds. The summed E-state index contributed by atoms with van der Waals surface area (Å²) in [6, 6.07) is 23.1. The number of rotatable bonds is 8. The lowest BCUT2D eigenvalue weighted by Gasteiger charge is -2.25. The van der Waals surface area contributed by atoms with E-state index in [1.807, 2.05) is 44.1 Å². The Morgan fingerprint density at radius 2 is 1.56 bits per heavy atom. The molecule has 0 radical (unpaired) electrons. The predicted molar refractivity (Wildman–Crippen MR) is 128 cm³/mol. The van der Waals surface area contributed by atoms with Crippen molar-refractivity contribution in [3.63, 3.8) is 0 Å². The van der Waals surface area contributed by atoms with Gasteiger partial charge in [-0.05, 0) is 56.9 Å². The van der Waals surface area contributed by atoms with Crippen LogP contribution in [0.4, 0.5) is 5.69 Å². The highest BCUT2D eigenvalue weighted by atomic mass is 32.2. The smallest absolute Gasteiger partial charge is 0.264 e. The molecule has 1 N–H and O–H groups in total. The van der Waals surface area contributed by atoms with Crippen molar-refractivity contribution < 1.29 is 13.2 Å². The van der Waals surface area contributed by atoms with E-state index in [9.17, 15) is 13.2 Å². The zero-order chi connectivity index (χ0) is 23.3. The summed E-state index contributed by atoms with van der Waals surface area (Å²) in [6.07, 6.45) is 0. The molecule has 0 fully saturated rings. The molecule has 32 heavy (non-hydrogen) atoms. The molecule has 0 saturated heterocycles. The molecule has 3 aromatic carbocycles. The number of hydrogen-bond acceptors (Lipinski definition) is 4. The van der Waals surface area contributed by atoms with Gasteiger partial charge in [-0.2, -0.15) is 0 Å². The minimum atomic E-state index is -3.79. The highest BCUT2D eigenvalue weighted by Gasteiger charge is 2.23. The monoisotopic (exact) mass is 451 g/mol. The van der Waals surface area contributed by atoms with E-state index in [2.05, 4.69) is 17.4 Å². The Morgan fingerprint density at radius 1 is 0.906 bits per heavy atom. The Hall–Kier alpha value is -3.16. The summed E-state index contributed by atoms with van der Waals surface area (Å²) in [7, 11) is 1.63. The van der Waals surface area contributed by atoms with Crippen LogP contribution in [0.15, 0.2) is 83.8 Å². The Labute approximate surface area is 190 Å². The van der Waals surface area contributed by atoms with Gasteiger partial charge in [-0.15, -0.1) is 0 Å². The topological polar surface area (TPSA) is 69.7 Å². The van der Waals surface area contributed by atoms with Gasteiger partial charge in [0.15, 0.2) is 0 Å². The van der Waals surface area contributed by atoms with Crippen molar-refractivity contribution in [3.8, 4) is 0 Å². The third-order valence-electron chi connectivity index (χ3n) is 5.42. The average molecular weight is 452 g/mol. The van der Waals surface area contributed by atoms with Crippen molar-refractivity contribution >= 4 is 21.6 Å². The quantitative estimate of drug-likeness (QED) is 0.565. The number of sulfonamides is 1. The summed E-state index contributed by atoms with van der Waals surface area (Å²) in [5.41, 5.74) is 3.12. The number of likely N-dealkylation sites (N-methyl/N-ethyl adjacent to an activating group) is 1. The van der Waals surface area contributed by atoms with Gasteiger partial charge < -0.3 is 10.2 Å². The van der Waals surface area contributed by atoms with Crippen LogP contribution >= 0.6 is 0 Å². The molecule has 0 bridgehead atoms. The van der Waals surface area contributed by atoms with Gasteiger partial charge in [0.25, 0.3) is 15.9 Å². The van der Waals surface area contributed by atoms with Gasteiger partial charge in [-0.3, -0.25) is 9.10 Å². The SMILES string of the molecule is Cc1ccc(C(CNC(=O)c2cccc(S(=O)(=O)N(C)c3ccccc3)c2)N(C)C)cc1. The lowest BCUT2D eigenvalue weighted by atomic mass is 10.0. The maximum atomic E-state index is 13.1. The van der Waals surface area contributed by atoms with Gasteiger partial charge in [-0.25, -0.2) is 8.42 Å². The fourth-order valence-corrected chi connectivity index (χ4v) is 4.65. The van der Waals surface area contributed by atoms with Gasteiger partial charge in [-0.1, -0.05) is 54.1 Å². The average Bonchev–Trinajstić information content (AvgIpc) is 2.80. The van der Waals surface area contributed by atoms with Crippen LogP contribution in [0.5, 0.6) is 0 Å². The third kappa shape index (κ3) is 5.36. The van der Waals surface area contributed by atoms with Crippen LogP contribution in [0.3, 0.4) is 0 Å². The van der Waals surface area contributed by atoms with Crippen LogP contribution in [0.1, 0.15) is 27.5 Å². The summed E-state index contributed by atoms with van der Waals surface area (Å²) in [5, 5.41) is 2.94. The fourth-order valence-electron chi connectivity index (χ4n) is 3.41. The minimum absolute atomic E-state index is 0.00400. The highest BCUT2D eigenvalue weighted by Crippen LogP contribution is 2.23. The number of benzene rings is 3. The summed E-state index contributed by atoms with van der Waals surface area (Å²) in [4.78, 5) is 14.9. The Balaban J connectivity index is 1.77. The third-order valence-corrected chi connectivity index (χ3v) is 7.20. The van der Waals surface area contributed by atoms with Crippen molar-refractivity contribution in [1.29, 1.82) is 0 Å². The molecule has 0 aliphatic rings. The van der Waals surface area contributed by atoms with Gasteiger partial charge in [0.2, 0.25) is 0 Å². The van der Waals surface area contributed by atoms with E-state index >= 15 is 0 Å². The van der Waals surface area contributed by atoms with E-state index in [4.69, 9.17) is 0 Å². The first-order chi connectivity index (χ1) is 15.2. The molecule has 1 atom stereocenters. The second-order valence-electron chi connectivity index (χ2n) is 7.94. The standard InChI is InChI=1S/C25H29N3O3S/c1-19-13-15-20(16-14-19)24(27(2)3)18-26-25(29)21-9-8-12-23(17-21)32(30,31)28(4)22-10-6-5-7-11-22/h5-17,24H,18H2,1-4H3,(H,26,29). The molecule has 168 valence electrons. The summed E-state index contributed by atoms with van der Waals surface area (Å²) < 4.78 is 27.3. The first kappa shape index (κ1) is 23.5. The first-order valence-corrected chi connectivity index (χ1v) is 11.8. The molecule has 1 unspecified atom stereocenters. The zero-order valence-electron chi connectivity index (χ0n) is 18.8. The molecule has 0 saturated carbocycles.